The van der Waals surface area contributed by atoms with Gasteiger partial charge in [0.1, 0.15) is 0 Å². The van der Waals surface area contributed by atoms with Gasteiger partial charge in [0, 0.05) is 11.6 Å². The van der Waals surface area contributed by atoms with Gasteiger partial charge in [-0.3, -0.25) is 14.9 Å². The number of hydrogen-bond acceptors (Lipinski definition) is 3. The minimum atomic E-state index is -0.0509. The Balaban J connectivity index is 1.64. The van der Waals surface area contributed by atoms with Gasteiger partial charge < -0.3 is 5.32 Å². The molecule has 2 N–H and O–H groups in total. The lowest BCUT2D eigenvalue weighted by Gasteiger charge is -2.03. The van der Waals surface area contributed by atoms with Crippen molar-refractivity contribution in [2.45, 2.75) is 13.0 Å². The number of hydrogen-bond donors (Lipinski definition) is 2. The molecule has 0 saturated carbocycles. The average Bonchev–Trinajstić information content (AvgIpc) is 2.90. The second-order valence-corrected chi connectivity index (χ2v) is 4.49. The predicted molar refractivity (Wildman–Crippen MR) is 75.9 cm³/mol. The van der Waals surface area contributed by atoms with E-state index in [4.69, 9.17) is 0 Å². The van der Waals surface area contributed by atoms with Gasteiger partial charge in [-0.25, -0.2) is 0 Å². The molecular formula is C15H14N4O. The number of aromatic amines is 1. The number of pyridine rings is 1. The molecule has 0 aliphatic rings. The first kappa shape index (κ1) is 12.3. The third kappa shape index (κ3) is 2.66. The SMILES string of the molecule is O=C(Cc1[nH]nc2ccccc12)NCc1ccccn1. The van der Waals surface area contributed by atoms with Crippen LogP contribution in [0.5, 0.6) is 0 Å². The molecule has 0 aliphatic carbocycles. The number of aromatic nitrogens is 3. The number of nitrogens with one attached hydrogen (secondary N) is 2. The molecule has 0 unspecified atom stereocenters. The Morgan fingerprint density at radius 2 is 2.00 bits per heavy atom. The van der Waals surface area contributed by atoms with Gasteiger partial charge in [-0.15, -0.1) is 0 Å². The number of nitrogens with zero attached hydrogens (tertiary/aromatic N) is 2. The minimum absolute atomic E-state index is 0.0509. The Labute approximate surface area is 116 Å². The highest BCUT2D eigenvalue weighted by Crippen LogP contribution is 2.15. The van der Waals surface area contributed by atoms with Crippen LogP contribution in [0.2, 0.25) is 0 Å². The smallest absolute Gasteiger partial charge is 0.226 e. The average molecular weight is 266 g/mol. The normalized spacial score (nSPS) is 10.6. The van der Waals surface area contributed by atoms with E-state index in [1.807, 2.05) is 42.5 Å². The van der Waals surface area contributed by atoms with Crippen molar-refractivity contribution >= 4 is 16.8 Å². The summed E-state index contributed by atoms with van der Waals surface area (Å²) in [7, 11) is 0. The standard InChI is InChI=1S/C15H14N4O/c20-15(17-10-11-5-3-4-8-16-11)9-14-12-6-1-2-7-13(12)18-19-14/h1-8H,9-10H2,(H,17,20)(H,18,19). The van der Waals surface area contributed by atoms with Crippen molar-refractivity contribution in [3.8, 4) is 0 Å². The minimum Gasteiger partial charge on any atom is -0.350 e. The van der Waals surface area contributed by atoms with Crippen LogP contribution in [0.25, 0.3) is 10.9 Å². The van der Waals surface area contributed by atoms with Crippen molar-refractivity contribution in [1.29, 1.82) is 0 Å². The molecule has 100 valence electrons. The second kappa shape index (κ2) is 5.52. The molecule has 3 aromatic rings. The van der Waals surface area contributed by atoms with Gasteiger partial charge in [-0.2, -0.15) is 5.10 Å². The number of para-hydroxylation sites is 1. The molecule has 2 heterocycles. The van der Waals surface area contributed by atoms with E-state index in [2.05, 4.69) is 20.5 Å². The van der Waals surface area contributed by atoms with Crippen molar-refractivity contribution in [2.24, 2.45) is 0 Å². The van der Waals surface area contributed by atoms with E-state index in [-0.39, 0.29) is 12.3 Å². The summed E-state index contributed by atoms with van der Waals surface area (Å²) < 4.78 is 0. The van der Waals surface area contributed by atoms with Crippen LogP contribution in [-0.4, -0.2) is 21.1 Å². The van der Waals surface area contributed by atoms with Crippen LogP contribution in [0, 0.1) is 0 Å². The topological polar surface area (TPSA) is 70.7 Å². The van der Waals surface area contributed by atoms with Crippen LogP contribution < -0.4 is 5.32 Å². The lowest BCUT2D eigenvalue weighted by Crippen LogP contribution is -2.25. The molecule has 0 radical (unpaired) electrons. The van der Waals surface area contributed by atoms with Crippen LogP contribution in [0.15, 0.2) is 48.7 Å². The van der Waals surface area contributed by atoms with Gasteiger partial charge in [0.05, 0.1) is 29.9 Å². The molecular weight excluding hydrogens is 252 g/mol. The van der Waals surface area contributed by atoms with E-state index in [1.165, 1.54) is 0 Å². The maximum absolute atomic E-state index is 11.9. The Hall–Kier alpha value is -2.69. The van der Waals surface area contributed by atoms with Crippen molar-refractivity contribution in [1.82, 2.24) is 20.5 Å². The van der Waals surface area contributed by atoms with Gasteiger partial charge in [0.15, 0.2) is 0 Å². The summed E-state index contributed by atoms with van der Waals surface area (Å²) in [5.74, 6) is -0.0509. The van der Waals surface area contributed by atoms with Crippen LogP contribution in [0.4, 0.5) is 0 Å². The Bertz CT molecular complexity index is 721. The van der Waals surface area contributed by atoms with Crippen molar-refractivity contribution < 1.29 is 4.79 Å². The number of carbonyl (C=O) groups excluding carboxylic acids is 1. The molecule has 0 spiro atoms. The van der Waals surface area contributed by atoms with E-state index < -0.39 is 0 Å². The second-order valence-electron chi connectivity index (χ2n) is 4.49. The number of fused-ring (bicyclic) bond motifs is 1. The lowest BCUT2D eigenvalue weighted by atomic mass is 10.1. The fourth-order valence-corrected chi connectivity index (χ4v) is 2.06. The van der Waals surface area contributed by atoms with Crippen LogP contribution in [-0.2, 0) is 17.8 Å². The summed E-state index contributed by atoms with van der Waals surface area (Å²) in [5, 5.41) is 10.9. The Morgan fingerprint density at radius 1 is 1.15 bits per heavy atom. The van der Waals surface area contributed by atoms with Gasteiger partial charge in [0.25, 0.3) is 0 Å². The molecule has 1 amide bonds. The summed E-state index contributed by atoms with van der Waals surface area (Å²) in [6.07, 6.45) is 2.00. The molecule has 1 aromatic carbocycles. The predicted octanol–water partition coefficient (Wildman–Crippen LogP) is 1.82. The first-order valence-corrected chi connectivity index (χ1v) is 6.41. The van der Waals surface area contributed by atoms with Crippen molar-refractivity contribution in [3.63, 3.8) is 0 Å². The number of H-pyrrole nitrogens is 1. The molecule has 0 saturated heterocycles. The first-order chi connectivity index (χ1) is 9.83. The number of carbonyl (C=O) groups is 1. The third-order valence-corrected chi connectivity index (χ3v) is 3.07. The summed E-state index contributed by atoms with van der Waals surface area (Å²) in [5.41, 5.74) is 2.55. The maximum Gasteiger partial charge on any atom is 0.226 e. The highest BCUT2D eigenvalue weighted by Gasteiger charge is 2.09. The highest BCUT2D eigenvalue weighted by atomic mass is 16.1. The molecule has 2 aromatic heterocycles. The van der Waals surface area contributed by atoms with Crippen molar-refractivity contribution in [3.05, 3.63) is 60.0 Å². The monoisotopic (exact) mass is 266 g/mol. The van der Waals surface area contributed by atoms with Crippen molar-refractivity contribution in [2.75, 3.05) is 0 Å². The van der Waals surface area contributed by atoms with E-state index in [0.29, 0.717) is 6.54 Å². The molecule has 5 nitrogen and oxygen atoms in total. The largest absolute Gasteiger partial charge is 0.350 e. The third-order valence-electron chi connectivity index (χ3n) is 3.07. The van der Waals surface area contributed by atoms with Gasteiger partial charge in [0.2, 0.25) is 5.91 Å². The van der Waals surface area contributed by atoms with E-state index in [0.717, 1.165) is 22.3 Å². The van der Waals surface area contributed by atoms with E-state index >= 15 is 0 Å². The summed E-state index contributed by atoms with van der Waals surface area (Å²) >= 11 is 0. The first-order valence-electron chi connectivity index (χ1n) is 6.41. The van der Waals surface area contributed by atoms with Crippen LogP contribution in [0.3, 0.4) is 0 Å². The fourth-order valence-electron chi connectivity index (χ4n) is 2.06. The number of rotatable bonds is 4. The Morgan fingerprint density at radius 3 is 2.85 bits per heavy atom. The zero-order valence-corrected chi connectivity index (χ0v) is 10.8. The van der Waals surface area contributed by atoms with Crippen LogP contribution in [0.1, 0.15) is 11.4 Å². The zero-order chi connectivity index (χ0) is 13.8. The van der Waals surface area contributed by atoms with Gasteiger partial charge in [-0.05, 0) is 18.2 Å². The lowest BCUT2D eigenvalue weighted by molar-refractivity contribution is -0.120. The Kier molecular flexibility index (Phi) is 3.41. The summed E-state index contributed by atoms with van der Waals surface area (Å²) in [6, 6.07) is 13.4. The number of benzene rings is 1. The molecule has 0 aliphatic heterocycles. The molecule has 5 heteroatoms. The summed E-state index contributed by atoms with van der Waals surface area (Å²) in [6.45, 7) is 0.436. The molecule has 20 heavy (non-hydrogen) atoms. The zero-order valence-electron chi connectivity index (χ0n) is 10.8. The van der Waals surface area contributed by atoms with E-state index in [1.54, 1.807) is 6.20 Å². The maximum atomic E-state index is 11.9. The molecule has 0 bridgehead atoms. The summed E-state index contributed by atoms with van der Waals surface area (Å²) in [4.78, 5) is 16.1. The molecule has 0 atom stereocenters. The highest BCUT2D eigenvalue weighted by molar-refractivity contribution is 5.87. The van der Waals surface area contributed by atoms with E-state index in [9.17, 15) is 4.79 Å². The van der Waals surface area contributed by atoms with Crippen LogP contribution >= 0.6 is 0 Å². The molecule has 3 rings (SSSR count). The quantitative estimate of drug-likeness (QED) is 0.756. The van der Waals surface area contributed by atoms with Gasteiger partial charge in [-0.1, -0.05) is 24.3 Å². The van der Waals surface area contributed by atoms with Gasteiger partial charge >= 0.3 is 0 Å². The fraction of sp³-hybridized carbons (Fsp3) is 0.133. The number of amides is 1. The molecule has 0 fully saturated rings.